The highest BCUT2D eigenvalue weighted by molar-refractivity contribution is 5.02. The lowest BCUT2D eigenvalue weighted by Gasteiger charge is -2.53. The molecular weight excluding hydrogens is 148 g/mol. The third kappa shape index (κ3) is 0.944. The van der Waals surface area contributed by atoms with Crippen molar-refractivity contribution < 1.29 is 0 Å². The second-order valence-corrected chi connectivity index (χ2v) is 4.83. The molecule has 2 heteroatoms. The Morgan fingerprint density at radius 2 is 2.00 bits per heavy atom. The van der Waals surface area contributed by atoms with Crippen LogP contribution in [0.15, 0.2) is 0 Å². The Hall–Kier alpha value is -0.0800. The van der Waals surface area contributed by atoms with Crippen LogP contribution in [0, 0.1) is 11.8 Å². The average molecular weight is 166 g/mol. The standard InChI is InChI=1S/C10H18N2/c11-5-10-8-3-7(4-8)6-12(10)9-1-2-9/h7-10H,1-6,11H2. The molecule has 12 heavy (non-hydrogen) atoms. The first-order valence-corrected chi connectivity index (χ1v) is 5.34. The molecule has 4 fully saturated rings. The Kier molecular flexibility index (Phi) is 1.50. The van der Waals surface area contributed by atoms with E-state index in [1.807, 2.05) is 0 Å². The number of piperidine rings is 2. The maximum Gasteiger partial charge on any atom is 0.0249 e. The number of hydrogen-bond donors (Lipinski definition) is 1. The Morgan fingerprint density at radius 3 is 2.58 bits per heavy atom. The topological polar surface area (TPSA) is 29.3 Å². The van der Waals surface area contributed by atoms with Crippen molar-refractivity contribution in [3.8, 4) is 0 Å². The smallest absolute Gasteiger partial charge is 0.0249 e. The molecule has 2 bridgehead atoms. The van der Waals surface area contributed by atoms with Gasteiger partial charge >= 0.3 is 0 Å². The van der Waals surface area contributed by atoms with Crippen LogP contribution in [-0.4, -0.2) is 30.1 Å². The van der Waals surface area contributed by atoms with Crippen molar-refractivity contribution in [2.24, 2.45) is 17.6 Å². The van der Waals surface area contributed by atoms with Crippen LogP contribution in [-0.2, 0) is 0 Å². The van der Waals surface area contributed by atoms with E-state index >= 15 is 0 Å². The van der Waals surface area contributed by atoms with Crippen molar-refractivity contribution in [2.45, 2.75) is 37.8 Å². The zero-order valence-corrected chi connectivity index (χ0v) is 7.58. The van der Waals surface area contributed by atoms with Gasteiger partial charge in [-0.1, -0.05) is 0 Å². The number of fused-ring (bicyclic) bond motifs is 2. The molecule has 1 atom stereocenters. The minimum atomic E-state index is 0.752. The van der Waals surface area contributed by atoms with Gasteiger partial charge in [-0.3, -0.25) is 4.90 Å². The summed E-state index contributed by atoms with van der Waals surface area (Å²) >= 11 is 0. The Labute approximate surface area is 74.1 Å². The van der Waals surface area contributed by atoms with Crippen LogP contribution in [0.3, 0.4) is 0 Å². The number of nitrogens with two attached hydrogens (primary N) is 1. The van der Waals surface area contributed by atoms with Gasteiger partial charge in [0.15, 0.2) is 0 Å². The third-order valence-corrected chi connectivity index (χ3v) is 3.97. The first-order chi connectivity index (χ1) is 5.88. The van der Waals surface area contributed by atoms with Gasteiger partial charge in [0.2, 0.25) is 0 Å². The monoisotopic (exact) mass is 166 g/mol. The predicted molar refractivity (Wildman–Crippen MR) is 48.8 cm³/mol. The SMILES string of the molecule is NCC1C2CC(C2)CN1C1CC1. The Bertz CT molecular complexity index is 182. The molecule has 1 unspecified atom stereocenters. The molecular formula is C10H18N2. The van der Waals surface area contributed by atoms with Crippen LogP contribution >= 0.6 is 0 Å². The Balaban J connectivity index is 1.74. The summed E-state index contributed by atoms with van der Waals surface area (Å²) in [6.45, 7) is 2.26. The third-order valence-electron chi connectivity index (χ3n) is 3.97. The molecule has 0 amide bonds. The van der Waals surface area contributed by atoms with Crippen LogP contribution in [0.25, 0.3) is 0 Å². The molecule has 0 radical (unpaired) electrons. The summed E-state index contributed by atoms with van der Waals surface area (Å²) in [5, 5.41) is 0. The highest BCUT2D eigenvalue weighted by atomic mass is 15.2. The highest BCUT2D eigenvalue weighted by Gasteiger charge is 2.47. The van der Waals surface area contributed by atoms with E-state index in [1.54, 1.807) is 0 Å². The van der Waals surface area contributed by atoms with Crippen LogP contribution in [0.1, 0.15) is 25.7 Å². The van der Waals surface area contributed by atoms with E-state index in [-0.39, 0.29) is 0 Å². The molecule has 0 spiro atoms. The van der Waals surface area contributed by atoms with Crippen molar-refractivity contribution in [1.82, 2.24) is 4.90 Å². The normalized spacial score (nSPS) is 47.2. The van der Waals surface area contributed by atoms with Crippen molar-refractivity contribution >= 4 is 0 Å². The lowest BCUT2D eigenvalue weighted by molar-refractivity contribution is -0.0310. The van der Waals surface area contributed by atoms with Crippen LogP contribution in [0.5, 0.6) is 0 Å². The predicted octanol–water partition coefficient (Wildman–Crippen LogP) is 0.818. The van der Waals surface area contributed by atoms with E-state index in [1.165, 1.54) is 32.2 Å². The number of hydrogen-bond acceptors (Lipinski definition) is 2. The van der Waals surface area contributed by atoms with Crippen molar-refractivity contribution in [2.75, 3.05) is 13.1 Å². The average Bonchev–Trinajstić information content (AvgIpc) is 2.84. The summed E-state index contributed by atoms with van der Waals surface area (Å²) in [6, 6.07) is 1.69. The summed E-state index contributed by atoms with van der Waals surface area (Å²) in [7, 11) is 0. The summed E-state index contributed by atoms with van der Waals surface area (Å²) in [5.74, 6) is 2.01. The molecule has 2 aliphatic carbocycles. The van der Waals surface area contributed by atoms with Crippen LogP contribution < -0.4 is 5.73 Å². The van der Waals surface area contributed by atoms with Gasteiger partial charge in [0.1, 0.15) is 0 Å². The highest BCUT2D eigenvalue weighted by Crippen LogP contribution is 2.46. The molecule has 2 saturated heterocycles. The summed E-state index contributed by atoms with van der Waals surface area (Å²) in [4.78, 5) is 2.71. The lowest BCUT2D eigenvalue weighted by atomic mass is 9.66. The molecule has 2 saturated carbocycles. The first kappa shape index (κ1) is 7.34. The molecule has 68 valence electrons. The number of rotatable bonds is 2. The Morgan fingerprint density at radius 1 is 1.25 bits per heavy atom. The van der Waals surface area contributed by atoms with Gasteiger partial charge < -0.3 is 5.73 Å². The van der Waals surface area contributed by atoms with E-state index < -0.39 is 0 Å². The van der Waals surface area contributed by atoms with Gasteiger partial charge in [0.25, 0.3) is 0 Å². The van der Waals surface area contributed by atoms with E-state index in [9.17, 15) is 0 Å². The molecule has 0 aromatic rings. The maximum absolute atomic E-state index is 5.83. The molecule has 2 nitrogen and oxygen atoms in total. The van der Waals surface area contributed by atoms with Gasteiger partial charge in [-0.25, -0.2) is 0 Å². The van der Waals surface area contributed by atoms with Gasteiger partial charge in [-0.05, 0) is 37.5 Å². The minimum Gasteiger partial charge on any atom is -0.329 e. The first-order valence-electron chi connectivity index (χ1n) is 5.34. The second-order valence-electron chi connectivity index (χ2n) is 4.83. The second kappa shape index (κ2) is 2.46. The summed E-state index contributed by atoms with van der Waals surface area (Å²) in [6.07, 6.45) is 5.84. The van der Waals surface area contributed by atoms with Gasteiger partial charge in [0.05, 0.1) is 0 Å². The minimum absolute atomic E-state index is 0.752. The van der Waals surface area contributed by atoms with Gasteiger partial charge in [-0.15, -0.1) is 0 Å². The van der Waals surface area contributed by atoms with E-state index in [2.05, 4.69) is 4.90 Å². The van der Waals surface area contributed by atoms with Gasteiger partial charge in [0, 0.05) is 25.2 Å². The molecule has 2 N–H and O–H groups in total. The van der Waals surface area contributed by atoms with E-state index in [4.69, 9.17) is 5.73 Å². The van der Waals surface area contributed by atoms with E-state index in [0.717, 1.165) is 30.5 Å². The molecule has 4 aliphatic rings. The molecule has 2 aliphatic heterocycles. The molecule has 0 aromatic heterocycles. The molecule has 2 heterocycles. The molecule has 0 aromatic carbocycles. The summed E-state index contributed by atoms with van der Waals surface area (Å²) in [5.41, 5.74) is 5.83. The lowest BCUT2D eigenvalue weighted by Crippen LogP contribution is -2.59. The maximum atomic E-state index is 5.83. The molecule has 4 rings (SSSR count). The van der Waals surface area contributed by atoms with Crippen molar-refractivity contribution in [3.63, 3.8) is 0 Å². The van der Waals surface area contributed by atoms with E-state index in [0.29, 0.717) is 0 Å². The van der Waals surface area contributed by atoms with Crippen LogP contribution in [0.4, 0.5) is 0 Å². The fourth-order valence-corrected chi connectivity index (χ4v) is 3.11. The van der Waals surface area contributed by atoms with Gasteiger partial charge in [-0.2, -0.15) is 0 Å². The quantitative estimate of drug-likeness (QED) is 0.658. The summed E-state index contributed by atoms with van der Waals surface area (Å²) < 4.78 is 0. The van der Waals surface area contributed by atoms with Crippen molar-refractivity contribution in [3.05, 3.63) is 0 Å². The largest absolute Gasteiger partial charge is 0.329 e. The fraction of sp³-hybridized carbons (Fsp3) is 1.00. The fourth-order valence-electron chi connectivity index (χ4n) is 3.11. The van der Waals surface area contributed by atoms with Crippen molar-refractivity contribution in [1.29, 1.82) is 0 Å². The van der Waals surface area contributed by atoms with Crippen LogP contribution in [0.2, 0.25) is 0 Å². The zero-order valence-electron chi connectivity index (χ0n) is 7.58. The number of nitrogens with zero attached hydrogens (tertiary/aromatic N) is 1. The zero-order chi connectivity index (χ0) is 8.13.